The highest BCUT2D eigenvalue weighted by atomic mass is 31.2. The van der Waals surface area contributed by atoms with Crippen LogP contribution in [0.3, 0.4) is 0 Å². The van der Waals surface area contributed by atoms with Gasteiger partial charge >= 0.3 is 0 Å². The SMILES string of the molecule is COc1ccc2c(c1)OC(=C(c1ccc(C)cc1)c1ccc(C)cc1)C2P(=O)(c1ccccc1)c1ccccc1. The molecule has 5 aromatic rings. The van der Waals surface area contributed by atoms with Crippen molar-refractivity contribution in [1.29, 1.82) is 0 Å². The van der Waals surface area contributed by atoms with Gasteiger partial charge in [-0.15, -0.1) is 0 Å². The lowest BCUT2D eigenvalue weighted by Gasteiger charge is -2.27. The largest absolute Gasteiger partial charge is 0.497 e. The van der Waals surface area contributed by atoms with Crippen LogP contribution in [0.5, 0.6) is 11.5 Å². The third-order valence-corrected chi connectivity index (χ3v) is 10.9. The van der Waals surface area contributed by atoms with Crippen LogP contribution < -0.4 is 20.1 Å². The van der Waals surface area contributed by atoms with Crippen molar-refractivity contribution >= 4 is 23.3 Å². The molecule has 1 aliphatic heterocycles. The number of fused-ring (bicyclic) bond motifs is 1. The van der Waals surface area contributed by atoms with Gasteiger partial charge in [-0.05, 0) is 31.0 Å². The molecule has 0 saturated carbocycles. The highest BCUT2D eigenvalue weighted by Crippen LogP contribution is 2.66. The predicted molar refractivity (Wildman–Crippen MR) is 165 cm³/mol. The van der Waals surface area contributed by atoms with Crippen molar-refractivity contribution in [3.8, 4) is 11.5 Å². The first-order valence-electron chi connectivity index (χ1n) is 13.4. The van der Waals surface area contributed by atoms with Crippen molar-refractivity contribution in [3.05, 3.63) is 161 Å². The Hall–Kier alpha value is -4.33. The molecule has 0 radical (unpaired) electrons. The van der Waals surface area contributed by atoms with Crippen LogP contribution in [0.25, 0.3) is 5.57 Å². The zero-order valence-electron chi connectivity index (χ0n) is 22.9. The monoisotopic (exact) mass is 542 g/mol. The summed E-state index contributed by atoms with van der Waals surface area (Å²) in [6, 6.07) is 42.4. The maximum Gasteiger partial charge on any atom is 0.157 e. The maximum absolute atomic E-state index is 15.9. The molecule has 0 aliphatic carbocycles. The Kier molecular flexibility index (Phi) is 6.92. The zero-order chi connectivity index (χ0) is 27.7. The van der Waals surface area contributed by atoms with Crippen LogP contribution in [-0.4, -0.2) is 7.11 Å². The van der Waals surface area contributed by atoms with Crippen LogP contribution in [0.1, 0.15) is 33.5 Å². The molecular weight excluding hydrogens is 511 g/mol. The van der Waals surface area contributed by atoms with Gasteiger partial charge in [0, 0.05) is 27.8 Å². The number of rotatable bonds is 6. The molecule has 0 spiro atoms. The Morgan fingerprint density at radius 2 is 1.18 bits per heavy atom. The molecule has 0 aromatic heterocycles. The smallest absolute Gasteiger partial charge is 0.157 e. The third-order valence-electron chi connectivity index (χ3n) is 7.55. The van der Waals surface area contributed by atoms with Crippen LogP contribution in [0.15, 0.2) is 133 Å². The molecular formula is C36H31O3P. The van der Waals surface area contributed by atoms with E-state index >= 15 is 4.57 Å². The van der Waals surface area contributed by atoms with Gasteiger partial charge in [0.15, 0.2) is 7.14 Å². The Morgan fingerprint density at radius 1 is 0.675 bits per heavy atom. The second kappa shape index (κ2) is 10.7. The van der Waals surface area contributed by atoms with Crippen molar-refractivity contribution in [2.45, 2.75) is 19.5 Å². The fourth-order valence-electron chi connectivity index (χ4n) is 5.46. The Labute approximate surface area is 236 Å². The van der Waals surface area contributed by atoms with E-state index < -0.39 is 12.8 Å². The number of allylic oxidation sites excluding steroid dienone is 1. The van der Waals surface area contributed by atoms with E-state index in [0.29, 0.717) is 17.3 Å². The van der Waals surface area contributed by atoms with E-state index in [1.165, 1.54) is 11.1 Å². The van der Waals surface area contributed by atoms with Gasteiger partial charge < -0.3 is 14.0 Å². The summed E-state index contributed by atoms with van der Waals surface area (Å²) in [7, 11) is -1.67. The third kappa shape index (κ3) is 4.57. The number of methoxy groups -OCH3 is 1. The Bertz CT molecular complexity index is 1630. The minimum absolute atomic E-state index is 0.532. The predicted octanol–water partition coefficient (Wildman–Crippen LogP) is 8.22. The molecule has 1 aliphatic rings. The van der Waals surface area contributed by atoms with Crippen LogP contribution in [0, 0.1) is 13.8 Å². The zero-order valence-corrected chi connectivity index (χ0v) is 23.8. The van der Waals surface area contributed by atoms with E-state index in [4.69, 9.17) is 9.47 Å². The summed E-state index contributed by atoms with van der Waals surface area (Å²) in [6.45, 7) is 4.16. The first-order valence-corrected chi connectivity index (χ1v) is 15.2. The van der Waals surface area contributed by atoms with Gasteiger partial charge in [0.1, 0.15) is 22.9 Å². The molecule has 1 heterocycles. The molecule has 5 aromatic carbocycles. The molecule has 0 bridgehead atoms. The van der Waals surface area contributed by atoms with Gasteiger partial charge in [0.25, 0.3) is 0 Å². The number of aryl methyl sites for hydroxylation is 2. The molecule has 198 valence electrons. The summed E-state index contributed by atoms with van der Waals surface area (Å²) in [5, 5.41) is 1.59. The minimum atomic E-state index is -3.32. The molecule has 0 fully saturated rings. The highest BCUT2D eigenvalue weighted by Gasteiger charge is 2.47. The summed E-state index contributed by atoms with van der Waals surface area (Å²) < 4.78 is 28.2. The molecule has 6 rings (SSSR count). The molecule has 40 heavy (non-hydrogen) atoms. The molecule has 1 atom stereocenters. The number of ether oxygens (including phenoxy) is 2. The van der Waals surface area contributed by atoms with Crippen LogP contribution >= 0.6 is 7.14 Å². The highest BCUT2D eigenvalue weighted by molar-refractivity contribution is 7.79. The lowest BCUT2D eigenvalue weighted by Crippen LogP contribution is -2.22. The molecule has 0 saturated heterocycles. The second-order valence-corrected chi connectivity index (χ2v) is 13.1. The van der Waals surface area contributed by atoms with Crippen molar-refractivity contribution in [2.24, 2.45) is 0 Å². The average molecular weight is 543 g/mol. The molecule has 0 N–H and O–H groups in total. The molecule has 1 unspecified atom stereocenters. The van der Waals surface area contributed by atoms with Gasteiger partial charge in [-0.2, -0.15) is 0 Å². The lowest BCUT2D eigenvalue weighted by atomic mass is 9.94. The Balaban J connectivity index is 1.72. The molecule has 3 nitrogen and oxygen atoms in total. The van der Waals surface area contributed by atoms with Crippen molar-refractivity contribution < 1.29 is 14.0 Å². The summed E-state index contributed by atoms with van der Waals surface area (Å²) in [5.41, 5.74) is 5.68. The standard InChI is InChI=1S/C36H31O3P/c1-25-14-18-27(19-15-25)34(28-20-16-26(2)17-21-28)35-36(32-23-22-29(38-3)24-33(32)39-35)40(37,30-10-6-4-7-11-30)31-12-8-5-9-13-31/h4-24,36H,1-3H3. The van der Waals surface area contributed by atoms with Crippen molar-refractivity contribution in [2.75, 3.05) is 7.11 Å². The number of benzene rings is 5. The molecule has 0 amide bonds. The topological polar surface area (TPSA) is 35.5 Å². The van der Waals surface area contributed by atoms with E-state index in [2.05, 4.69) is 62.4 Å². The summed E-state index contributed by atoms with van der Waals surface area (Å²) in [4.78, 5) is 0. The fraction of sp³-hybridized carbons (Fsp3) is 0.111. The number of hydrogen-bond acceptors (Lipinski definition) is 3. The maximum atomic E-state index is 15.9. The van der Waals surface area contributed by atoms with Crippen LogP contribution in [0.2, 0.25) is 0 Å². The number of hydrogen-bond donors (Lipinski definition) is 0. The van der Waals surface area contributed by atoms with Gasteiger partial charge in [-0.25, -0.2) is 0 Å². The van der Waals surface area contributed by atoms with Gasteiger partial charge in [-0.1, -0.05) is 126 Å². The van der Waals surface area contributed by atoms with E-state index in [9.17, 15) is 0 Å². The van der Waals surface area contributed by atoms with Crippen LogP contribution in [-0.2, 0) is 4.57 Å². The van der Waals surface area contributed by atoms with E-state index in [0.717, 1.165) is 32.9 Å². The average Bonchev–Trinajstić information content (AvgIpc) is 3.38. The second-order valence-electron chi connectivity index (χ2n) is 10.2. The first-order chi connectivity index (χ1) is 19.5. The summed E-state index contributed by atoms with van der Waals surface area (Å²) in [6.07, 6.45) is 0. The fourth-order valence-corrected chi connectivity index (χ4v) is 8.70. The van der Waals surface area contributed by atoms with Gasteiger partial charge in [0.05, 0.1) is 7.11 Å². The molecule has 4 heteroatoms. The van der Waals surface area contributed by atoms with Crippen molar-refractivity contribution in [3.63, 3.8) is 0 Å². The lowest BCUT2D eigenvalue weighted by molar-refractivity contribution is 0.406. The van der Waals surface area contributed by atoms with Gasteiger partial charge in [-0.3, -0.25) is 0 Å². The van der Waals surface area contributed by atoms with E-state index in [1.54, 1.807) is 7.11 Å². The Morgan fingerprint density at radius 3 is 1.65 bits per heavy atom. The van der Waals surface area contributed by atoms with Crippen LogP contribution in [0.4, 0.5) is 0 Å². The minimum Gasteiger partial charge on any atom is -0.497 e. The van der Waals surface area contributed by atoms with E-state index in [-0.39, 0.29) is 0 Å². The summed E-state index contributed by atoms with van der Waals surface area (Å²) >= 11 is 0. The normalized spacial score (nSPS) is 14.4. The summed E-state index contributed by atoms with van der Waals surface area (Å²) in [5.74, 6) is 2.05. The quantitative estimate of drug-likeness (QED) is 0.203. The first kappa shape index (κ1) is 25.9. The van der Waals surface area contributed by atoms with E-state index in [1.807, 2.05) is 78.9 Å². The van der Waals surface area contributed by atoms with Gasteiger partial charge in [0.2, 0.25) is 0 Å². The van der Waals surface area contributed by atoms with Crippen molar-refractivity contribution in [1.82, 2.24) is 0 Å².